The first kappa shape index (κ1) is 11.5. The Morgan fingerprint density at radius 3 is 2.50 bits per heavy atom. The third-order valence-electron chi connectivity index (χ3n) is 2.39. The van der Waals surface area contributed by atoms with E-state index in [2.05, 4.69) is 25.5 Å². The van der Waals surface area contributed by atoms with E-state index in [4.69, 9.17) is 0 Å². The van der Waals surface area contributed by atoms with Crippen molar-refractivity contribution in [1.29, 1.82) is 0 Å². The van der Waals surface area contributed by atoms with Crippen molar-refractivity contribution in [1.82, 2.24) is 0 Å². The Labute approximate surface area is 75.3 Å². The molecule has 0 amide bonds. The summed E-state index contributed by atoms with van der Waals surface area (Å²) in [6, 6.07) is 0. The molecule has 0 aromatic heterocycles. The molecular weight excluding hydrogens is 152 g/mol. The van der Waals surface area contributed by atoms with Crippen molar-refractivity contribution in [3.05, 3.63) is 0 Å². The van der Waals surface area contributed by atoms with Gasteiger partial charge in [0.2, 0.25) is 0 Å². The predicted molar refractivity (Wildman–Crippen MR) is 49.9 cm³/mol. The summed E-state index contributed by atoms with van der Waals surface area (Å²) in [4.78, 5) is 9.80. The van der Waals surface area contributed by atoms with Crippen molar-refractivity contribution < 1.29 is 9.53 Å². The summed E-state index contributed by atoms with van der Waals surface area (Å²) in [5.41, 5.74) is 0.446. The van der Waals surface area contributed by atoms with Gasteiger partial charge in [0.1, 0.15) is 0 Å². The molecule has 0 aliphatic heterocycles. The highest BCUT2D eigenvalue weighted by Crippen LogP contribution is 2.26. The average Bonchev–Trinajstić information content (AvgIpc) is 2.04. The van der Waals surface area contributed by atoms with Crippen LogP contribution in [-0.2, 0) is 9.53 Å². The summed E-state index contributed by atoms with van der Waals surface area (Å²) in [6.07, 6.45) is 4.56. The van der Waals surface area contributed by atoms with Crippen molar-refractivity contribution in [3.8, 4) is 0 Å². The number of ether oxygens (including phenoxy) is 1. The molecule has 0 aliphatic rings. The van der Waals surface area contributed by atoms with E-state index in [1.54, 1.807) is 0 Å². The highest BCUT2D eigenvalue weighted by atomic mass is 16.5. The zero-order valence-corrected chi connectivity index (χ0v) is 8.43. The number of carbonyl (C=O) groups excluding carboxylic acids is 1. The Hall–Kier alpha value is -0.530. The van der Waals surface area contributed by atoms with Gasteiger partial charge < -0.3 is 4.74 Å². The van der Waals surface area contributed by atoms with Gasteiger partial charge in [0.25, 0.3) is 6.47 Å². The van der Waals surface area contributed by atoms with Gasteiger partial charge in [-0.25, -0.2) is 0 Å². The maximum atomic E-state index is 9.80. The lowest BCUT2D eigenvalue weighted by molar-refractivity contribution is -0.128. The molecule has 12 heavy (non-hydrogen) atoms. The fourth-order valence-corrected chi connectivity index (χ4v) is 1.01. The molecule has 0 fully saturated rings. The van der Waals surface area contributed by atoms with Crippen molar-refractivity contribution in [2.45, 2.75) is 46.5 Å². The van der Waals surface area contributed by atoms with E-state index >= 15 is 0 Å². The molecule has 0 bridgehead atoms. The van der Waals surface area contributed by atoms with Crippen LogP contribution in [0.2, 0.25) is 0 Å². The summed E-state index contributed by atoms with van der Waals surface area (Å²) in [7, 11) is 0. The van der Waals surface area contributed by atoms with Crippen LogP contribution < -0.4 is 0 Å². The molecule has 2 nitrogen and oxygen atoms in total. The van der Waals surface area contributed by atoms with Crippen LogP contribution in [0.5, 0.6) is 0 Å². The van der Waals surface area contributed by atoms with Crippen LogP contribution in [0, 0.1) is 5.41 Å². The smallest absolute Gasteiger partial charge is 0.293 e. The normalized spacial score (nSPS) is 11.2. The molecule has 0 unspecified atom stereocenters. The minimum atomic E-state index is 0.446. The van der Waals surface area contributed by atoms with Crippen LogP contribution in [-0.4, -0.2) is 13.1 Å². The summed E-state index contributed by atoms with van der Waals surface area (Å²) >= 11 is 0. The second kappa shape index (κ2) is 6.04. The van der Waals surface area contributed by atoms with Gasteiger partial charge in [-0.3, -0.25) is 4.79 Å². The van der Waals surface area contributed by atoms with Crippen molar-refractivity contribution in [2.24, 2.45) is 5.41 Å². The van der Waals surface area contributed by atoms with Gasteiger partial charge in [-0.05, 0) is 24.7 Å². The fraction of sp³-hybridized carbons (Fsp3) is 0.900. The molecule has 0 aromatic rings. The van der Waals surface area contributed by atoms with E-state index in [1.807, 2.05) is 0 Å². The third-order valence-corrected chi connectivity index (χ3v) is 2.39. The van der Waals surface area contributed by atoms with Crippen molar-refractivity contribution in [2.75, 3.05) is 6.61 Å². The van der Waals surface area contributed by atoms with E-state index in [1.165, 1.54) is 12.8 Å². The maximum Gasteiger partial charge on any atom is 0.293 e. The number of hydrogen-bond donors (Lipinski definition) is 0. The highest BCUT2D eigenvalue weighted by molar-refractivity contribution is 5.36. The van der Waals surface area contributed by atoms with E-state index < -0.39 is 0 Å². The van der Waals surface area contributed by atoms with Gasteiger partial charge in [-0.2, -0.15) is 0 Å². The molecular formula is C10H20O2. The molecule has 0 saturated carbocycles. The SMILES string of the molecule is CCC(C)(C)CCCCOC=O. The number of unbranched alkanes of at least 4 members (excludes halogenated alkanes) is 1. The monoisotopic (exact) mass is 172 g/mol. The van der Waals surface area contributed by atoms with Gasteiger partial charge in [0.15, 0.2) is 0 Å². The first-order valence-corrected chi connectivity index (χ1v) is 4.67. The van der Waals surface area contributed by atoms with Gasteiger partial charge in [0, 0.05) is 0 Å². The Morgan fingerprint density at radius 1 is 1.33 bits per heavy atom. The zero-order valence-electron chi connectivity index (χ0n) is 8.43. The van der Waals surface area contributed by atoms with Crippen LogP contribution in [0.1, 0.15) is 46.5 Å². The molecule has 0 atom stereocenters. The Morgan fingerprint density at radius 2 is 2.00 bits per heavy atom. The minimum Gasteiger partial charge on any atom is -0.468 e. The van der Waals surface area contributed by atoms with Crippen LogP contribution in [0.3, 0.4) is 0 Å². The maximum absolute atomic E-state index is 9.80. The molecule has 0 radical (unpaired) electrons. The molecule has 0 saturated heterocycles. The number of hydrogen-bond acceptors (Lipinski definition) is 2. The summed E-state index contributed by atoms with van der Waals surface area (Å²) in [5, 5.41) is 0. The summed E-state index contributed by atoms with van der Waals surface area (Å²) in [6.45, 7) is 7.84. The third kappa shape index (κ3) is 6.20. The zero-order chi connectivity index (χ0) is 9.45. The summed E-state index contributed by atoms with van der Waals surface area (Å²) < 4.78 is 4.60. The van der Waals surface area contributed by atoms with E-state index in [0.717, 1.165) is 12.8 Å². The number of rotatable bonds is 7. The van der Waals surface area contributed by atoms with Crippen LogP contribution in [0.25, 0.3) is 0 Å². The molecule has 0 heterocycles. The molecule has 72 valence electrons. The van der Waals surface area contributed by atoms with Crippen molar-refractivity contribution in [3.63, 3.8) is 0 Å². The first-order valence-electron chi connectivity index (χ1n) is 4.67. The lowest BCUT2D eigenvalue weighted by atomic mass is 9.85. The average molecular weight is 172 g/mol. The van der Waals surface area contributed by atoms with Gasteiger partial charge in [-0.15, -0.1) is 0 Å². The number of carbonyl (C=O) groups is 1. The molecule has 0 N–H and O–H groups in total. The molecule has 0 rings (SSSR count). The van der Waals surface area contributed by atoms with E-state index in [-0.39, 0.29) is 0 Å². The van der Waals surface area contributed by atoms with Gasteiger partial charge in [0.05, 0.1) is 6.61 Å². The standard InChI is InChI=1S/C10H20O2/c1-4-10(2,3)7-5-6-8-12-9-11/h9H,4-8H2,1-3H3. The van der Waals surface area contributed by atoms with Crippen LogP contribution >= 0.6 is 0 Å². The van der Waals surface area contributed by atoms with Gasteiger partial charge >= 0.3 is 0 Å². The lowest BCUT2D eigenvalue weighted by Gasteiger charge is -2.21. The Kier molecular flexibility index (Phi) is 5.77. The topological polar surface area (TPSA) is 26.3 Å². The van der Waals surface area contributed by atoms with E-state index in [9.17, 15) is 4.79 Å². The largest absolute Gasteiger partial charge is 0.468 e. The van der Waals surface area contributed by atoms with Crippen LogP contribution in [0.15, 0.2) is 0 Å². The highest BCUT2D eigenvalue weighted by Gasteiger charge is 2.13. The molecule has 0 aromatic carbocycles. The minimum absolute atomic E-state index is 0.446. The van der Waals surface area contributed by atoms with Crippen LogP contribution in [0.4, 0.5) is 0 Å². The summed E-state index contributed by atoms with van der Waals surface area (Å²) in [5.74, 6) is 0. The quantitative estimate of drug-likeness (QED) is 0.436. The predicted octanol–water partition coefficient (Wildman–Crippen LogP) is 2.77. The van der Waals surface area contributed by atoms with Crippen molar-refractivity contribution >= 4 is 6.47 Å². The molecule has 0 spiro atoms. The fourth-order valence-electron chi connectivity index (χ4n) is 1.01. The second-order valence-corrected chi connectivity index (χ2v) is 3.94. The first-order chi connectivity index (χ1) is 5.62. The second-order valence-electron chi connectivity index (χ2n) is 3.94. The Balaban J connectivity index is 3.24. The van der Waals surface area contributed by atoms with Gasteiger partial charge in [-0.1, -0.05) is 27.2 Å². The molecule has 2 heteroatoms. The molecule has 0 aliphatic carbocycles. The Bertz CT molecular complexity index is 119. The lowest BCUT2D eigenvalue weighted by Crippen LogP contribution is -2.09. The van der Waals surface area contributed by atoms with E-state index in [0.29, 0.717) is 18.5 Å².